The molecule has 0 aliphatic carbocycles. The van der Waals surface area contributed by atoms with Crippen molar-refractivity contribution in [1.29, 1.82) is 0 Å². The number of aliphatic hydroxyl groups is 1. The van der Waals surface area contributed by atoms with Crippen LogP contribution in [-0.4, -0.2) is 200 Å². The lowest BCUT2D eigenvalue weighted by atomic mass is 9.86. The van der Waals surface area contributed by atoms with E-state index in [9.17, 15) is 80.2 Å². The van der Waals surface area contributed by atoms with E-state index in [1.807, 2.05) is 24.3 Å². The van der Waals surface area contributed by atoms with E-state index in [1.54, 1.807) is 17.0 Å². The van der Waals surface area contributed by atoms with Gasteiger partial charge in [-0.05, 0) is 90.8 Å². The summed E-state index contributed by atoms with van der Waals surface area (Å²) in [6.45, 7) is 7.38. The van der Waals surface area contributed by atoms with E-state index in [2.05, 4.69) is 52.3 Å². The summed E-state index contributed by atoms with van der Waals surface area (Å²) in [5.74, 6) is -6.58. The van der Waals surface area contributed by atoms with Gasteiger partial charge in [0.2, 0.25) is 35.4 Å². The van der Waals surface area contributed by atoms with Crippen LogP contribution >= 0.6 is 18.9 Å². The minimum atomic E-state index is -5.94. The first-order chi connectivity index (χ1) is 42.0. The van der Waals surface area contributed by atoms with Gasteiger partial charge in [-0.2, -0.15) is 8.78 Å². The number of nitrogens with two attached hydrogens (primary N) is 1. The molecule has 0 radical (unpaired) electrons. The summed E-state index contributed by atoms with van der Waals surface area (Å²) in [4.78, 5) is 148. The molecule has 10 N–H and O–H groups in total. The van der Waals surface area contributed by atoms with Gasteiger partial charge in [0.05, 0.1) is 28.6 Å². The molecule has 5 aliphatic heterocycles. The third kappa shape index (κ3) is 15.0. The van der Waals surface area contributed by atoms with Gasteiger partial charge in [-0.25, -0.2) is 8.78 Å². The SMILES string of the molecule is CC(C)(C)c1ccc(C[C@H](NC(=O)[C@H](CCC(N)=O)NC(=O)[C@@H]2CC[C@@H]3CCN(CC(F)F)C[C@H](NC(=O)c4cc5cc(C(F)(F)P(=O)(O)O)ccc5s4)C(=O)N32)C(O)N2CCN(CCNc3cccc4c3C(=O)N(C3CCC(=O)NC3=O)C4=O)CC2)cc1. The summed E-state index contributed by atoms with van der Waals surface area (Å²) in [5.41, 5.74) is 2.28. The van der Waals surface area contributed by atoms with Crippen LogP contribution < -0.4 is 32.3 Å². The normalized spacial score (nSPS) is 21.9. The van der Waals surface area contributed by atoms with Gasteiger partial charge in [-0.15, -0.1) is 11.3 Å². The second-order valence-corrected chi connectivity index (χ2v) is 26.9. The van der Waals surface area contributed by atoms with Crippen molar-refractivity contribution < 1.29 is 80.2 Å². The van der Waals surface area contributed by atoms with Crippen LogP contribution in [0.2, 0.25) is 0 Å². The number of fused-ring (bicyclic) bond motifs is 3. The van der Waals surface area contributed by atoms with Crippen LogP contribution in [0, 0.1) is 0 Å². The number of alkyl halides is 4. The Labute approximate surface area is 513 Å². The van der Waals surface area contributed by atoms with Gasteiger partial charge in [0.15, 0.2) is 0 Å². The maximum atomic E-state index is 14.8. The van der Waals surface area contributed by atoms with Crippen molar-refractivity contribution in [2.45, 2.75) is 132 Å². The Hall–Kier alpha value is -7.24. The molecule has 1 aromatic heterocycles. The van der Waals surface area contributed by atoms with Gasteiger partial charge >= 0.3 is 13.3 Å². The predicted molar refractivity (Wildman–Crippen MR) is 316 cm³/mol. The van der Waals surface area contributed by atoms with Gasteiger partial charge in [0.25, 0.3) is 24.1 Å². The van der Waals surface area contributed by atoms with Crippen LogP contribution in [0.1, 0.15) is 113 Å². The van der Waals surface area contributed by atoms with E-state index in [0.717, 1.165) is 45.6 Å². The smallest absolute Gasteiger partial charge is 0.383 e. The number of nitrogens with one attached hydrogen (secondary N) is 5. The number of rotatable bonds is 22. The molecule has 0 saturated carbocycles. The molecule has 7 atom stereocenters. The molecule has 89 heavy (non-hydrogen) atoms. The molecule has 0 spiro atoms. The lowest BCUT2D eigenvalue weighted by Gasteiger charge is -2.40. The Morgan fingerprint density at radius 1 is 0.854 bits per heavy atom. The van der Waals surface area contributed by atoms with Gasteiger partial charge in [0, 0.05) is 87.2 Å². The fourth-order valence-electron chi connectivity index (χ4n) is 12.2. The number of carbonyl (C=O) groups excluding carboxylic acids is 9. The van der Waals surface area contributed by atoms with E-state index >= 15 is 0 Å². The zero-order valence-corrected chi connectivity index (χ0v) is 50.8. The van der Waals surface area contributed by atoms with Crippen LogP contribution in [0.3, 0.4) is 0 Å². The number of nitrogens with zero attached hydrogens (tertiary/aromatic N) is 5. The summed E-state index contributed by atoms with van der Waals surface area (Å²) < 4.78 is 69.0. The lowest BCUT2D eigenvalue weighted by Crippen LogP contribution is -2.62. The van der Waals surface area contributed by atoms with Crippen molar-refractivity contribution in [3.05, 3.63) is 99.4 Å². The van der Waals surface area contributed by atoms with Crippen molar-refractivity contribution in [3.63, 3.8) is 0 Å². The van der Waals surface area contributed by atoms with Gasteiger partial charge in [0.1, 0.15) is 30.4 Å². The molecule has 30 heteroatoms. The molecule has 24 nitrogen and oxygen atoms in total. The molecule has 9 rings (SSSR count). The fourth-order valence-corrected chi connectivity index (χ4v) is 13.6. The number of piperazine rings is 1. The maximum Gasteiger partial charge on any atom is 0.399 e. The largest absolute Gasteiger partial charge is 0.399 e. The molecule has 4 fully saturated rings. The number of hydrogen-bond acceptors (Lipinski definition) is 16. The summed E-state index contributed by atoms with van der Waals surface area (Å²) in [5, 5.41) is 26.0. The average molecular weight is 1280 g/mol. The molecular weight excluding hydrogens is 1210 g/mol. The van der Waals surface area contributed by atoms with Crippen LogP contribution in [0.4, 0.5) is 23.2 Å². The molecule has 9 amide bonds. The highest BCUT2D eigenvalue weighted by molar-refractivity contribution is 7.52. The first-order valence-corrected chi connectivity index (χ1v) is 31.7. The predicted octanol–water partition coefficient (Wildman–Crippen LogP) is 2.78. The highest BCUT2D eigenvalue weighted by atomic mass is 32.1. The van der Waals surface area contributed by atoms with Gasteiger partial charge in [-0.1, -0.05) is 57.2 Å². The van der Waals surface area contributed by atoms with Gasteiger partial charge in [-0.3, -0.25) is 72.6 Å². The summed E-state index contributed by atoms with van der Waals surface area (Å²) in [6, 6.07) is 9.34. The first kappa shape index (κ1) is 66.2. The Bertz CT molecular complexity index is 3450. The molecule has 4 saturated heterocycles. The number of anilines is 1. The quantitative estimate of drug-likeness (QED) is 0.0310. The van der Waals surface area contributed by atoms with Crippen molar-refractivity contribution in [2.24, 2.45) is 5.73 Å². The average Bonchev–Trinajstić information content (AvgIpc) is 1.72. The van der Waals surface area contributed by atoms with E-state index in [0.29, 0.717) is 45.0 Å². The first-order valence-electron chi connectivity index (χ1n) is 29.3. The number of carbonyl (C=O) groups is 9. The molecule has 6 heterocycles. The molecule has 0 bridgehead atoms. The van der Waals surface area contributed by atoms with Gasteiger partial charge < -0.3 is 46.8 Å². The van der Waals surface area contributed by atoms with E-state index in [1.165, 1.54) is 21.9 Å². The third-order valence-electron chi connectivity index (χ3n) is 17.0. The zero-order valence-electron chi connectivity index (χ0n) is 49.1. The zero-order chi connectivity index (χ0) is 64.4. The highest BCUT2D eigenvalue weighted by Crippen LogP contribution is 2.59. The maximum absolute atomic E-state index is 14.8. The van der Waals surface area contributed by atoms with Crippen molar-refractivity contribution in [1.82, 2.24) is 45.8 Å². The number of halogens is 4. The molecule has 5 aliphatic rings. The molecular formula is C59H72F4N11O13PS. The van der Waals surface area contributed by atoms with E-state index in [-0.39, 0.29) is 89.4 Å². The summed E-state index contributed by atoms with van der Waals surface area (Å²) >= 11 is 0.810. The van der Waals surface area contributed by atoms with Crippen molar-refractivity contribution >= 4 is 87.9 Å². The molecule has 4 aromatic rings. The van der Waals surface area contributed by atoms with Crippen LogP contribution in [-0.2, 0) is 50.8 Å². The monoisotopic (exact) mass is 1280 g/mol. The summed E-state index contributed by atoms with van der Waals surface area (Å²) in [6.07, 6.45) is -4.26. The number of primary amides is 1. The van der Waals surface area contributed by atoms with Crippen molar-refractivity contribution in [3.8, 4) is 0 Å². The second kappa shape index (κ2) is 27.1. The number of benzene rings is 3. The standard InChI is InChI=1S/C59H72F4N11O13PS/c1-58(2,3)34-9-7-32(8-10-34)27-40(55(82)72-25-23-70(24-26-72)22-20-65-38-6-4-5-37-49(38)57(84)74(54(37)81)43-15-18-48(76)69-52(43)79)67-50(77)39(13-17-47(64)75)66-51(78)42-14-12-36-19-21-71(31-46(60)61)30-41(56(83)73(36)42)68-53(80)45-29-33-28-35(11-16-44(33)89-45)59(62,63)88(85,86)87/h4-11,16,28-29,36,39-43,46,55,65,82H,12-15,17-27,30-31H2,1-3H3,(H2,64,75)(H,66,78)(H,67,77)(H,68,80)(H,69,76,79)(H2,85,86,87)/t36-,39+,40+,41+,42+,43?,55?/m1/s1. The second-order valence-electron chi connectivity index (χ2n) is 24.1. The molecule has 480 valence electrons. The number of hydrogen-bond donors (Lipinski definition) is 9. The Balaban J connectivity index is 0.878. The summed E-state index contributed by atoms with van der Waals surface area (Å²) in [7, 11) is -5.94. The number of piperidine rings is 1. The lowest BCUT2D eigenvalue weighted by molar-refractivity contribution is -0.144. The molecule has 2 unspecified atom stereocenters. The number of aliphatic hydroxyl groups excluding tert-OH is 1. The number of thiophene rings is 1. The topological polar surface area (TPSA) is 334 Å². The minimum Gasteiger partial charge on any atom is -0.383 e. The van der Waals surface area contributed by atoms with Crippen molar-refractivity contribution in [2.75, 3.05) is 64.2 Å². The van der Waals surface area contributed by atoms with E-state index < -0.39 is 134 Å². The highest BCUT2D eigenvalue weighted by Gasteiger charge is 2.51. The number of imide groups is 2. The van der Waals surface area contributed by atoms with E-state index in [4.69, 9.17) is 5.73 Å². The van der Waals surface area contributed by atoms with Crippen LogP contribution in [0.25, 0.3) is 10.1 Å². The number of amides is 9. The minimum absolute atomic E-state index is 0.0139. The Morgan fingerprint density at radius 2 is 1.56 bits per heavy atom. The van der Waals surface area contributed by atoms with Crippen LogP contribution in [0.5, 0.6) is 0 Å². The fraction of sp³-hybridized carbons (Fsp3) is 0.508. The van der Waals surface area contributed by atoms with Crippen LogP contribution in [0.15, 0.2) is 66.7 Å². The molecule has 3 aromatic carbocycles. The Kier molecular flexibility index (Phi) is 20.1. The Morgan fingerprint density at radius 3 is 2.22 bits per heavy atom. The third-order valence-corrected chi connectivity index (χ3v) is 19.1.